The predicted octanol–water partition coefficient (Wildman–Crippen LogP) is 0.551. The van der Waals surface area contributed by atoms with E-state index in [1.165, 1.54) is 12.5 Å². The van der Waals surface area contributed by atoms with Crippen molar-refractivity contribution in [3.8, 4) is 22.5 Å². The van der Waals surface area contributed by atoms with Crippen LogP contribution in [-0.4, -0.2) is 73.4 Å². The lowest BCUT2D eigenvalue weighted by molar-refractivity contribution is -0.126. The summed E-state index contributed by atoms with van der Waals surface area (Å²) in [6.45, 7) is 0. The first-order valence-corrected chi connectivity index (χ1v) is 16.1. The zero-order valence-corrected chi connectivity index (χ0v) is 24.2. The number of sulfone groups is 2. The molecule has 2 aromatic heterocycles. The molecular weight excluding hydrogens is 620 g/mol. The van der Waals surface area contributed by atoms with Gasteiger partial charge in [0.15, 0.2) is 19.7 Å². The van der Waals surface area contributed by atoms with Gasteiger partial charge in [-0.1, -0.05) is 60.7 Å². The van der Waals surface area contributed by atoms with Crippen molar-refractivity contribution in [2.45, 2.75) is 0 Å². The van der Waals surface area contributed by atoms with Crippen LogP contribution in [0.2, 0.25) is 0 Å². The fourth-order valence-electron chi connectivity index (χ4n) is 3.57. The summed E-state index contributed by atoms with van der Waals surface area (Å²) in [5.74, 6) is -9.21. The molecule has 0 atom stereocenters. The molecule has 0 spiro atoms. The first kappa shape index (κ1) is 31.6. The van der Waals surface area contributed by atoms with Crippen LogP contribution in [0.4, 0.5) is 12.0 Å². The summed E-state index contributed by atoms with van der Waals surface area (Å²) in [5, 5.41) is 4.34. The molecule has 16 nitrogen and oxygen atoms in total. The zero-order valence-electron chi connectivity index (χ0n) is 22.6. The molecule has 0 saturated heterocycles. The Labute approximate surface area is 250 Å². The summed E-state index contributed by atoms with van der Waals surface area (Å²) >= 11 is 0. The Morgan fingerprint density at radius 1 is 0.545 bits per heavy atom. The molecule has 0 aliphatic rings. The highest BCUT2D eigenvalue weighted by Gasteiger charge is 2.25. The van der Waals surface area contributed by atoms with Gasteiger partial charge in [0.1, 0.15) is 46.9 Å². The van der Waals surface area contributed by atoms with Gasteiger partial charge in [-0.15, -0.1) is 0 Å². The van der Waals surface area contributed by atoms with Crippen molar-refractivity contribution in [2.75, 3.05) is 33.6 Å². The van der Waals surface area contributed by atoms with Gasteiger partial charge in [0, 0.05) is 11.1 Å². The fraction of sp³-hybridized carbons (Fsp3) is 0.154. The molecule has 0 saturated carbocycles. The molecule has 4 rings (SSSR count). The molecule has 4 aromatic rings. The Bertz CT molecular complexity index is 1730. The smallest absolute Gasteiger partial charge is 0.301 e. The molecule has 0 fully saturated rings. The van der Waals surface area contributed by atoms with Gasteiger partial charge in [0.05, 0.1) is 0 Å². The number of hydrogen-bond acceptors (Lipinski definition) is 12. The van der Waals surface area contributed by atoms with Crippen molar-refractivity contribution in [3.05, 3.63) is 73.2 Å². The summed E-state index contributed by atoms with van der Waals surface area (Å²) < 4.78 is 59.3. The average molecular weight is 645 g/mol. The Hall–Kier alpha value is -5.36. The number of rotatable bonds is 12. The van der Waals surface area contributed by atoms with Crippen LogP contribution in [0, 0.1) is 0 Å². The molecule has 0 radical (unpaired) electrons. The highest BCUT2D eigenvalue weighted by Crippen LogP contribution is 2.21. The predicted molar refractivity (Wildman–Crippen MR) is 155 cm³/mol. The van der Waals surface area contributed by atoms with E-state index in [9.17, 15) is 36.0 Å². The molecule has 18 heteroatoms. The number of nitrogens with one attached hydrogen (secondary N) is 4. The summed E-state index contributed by atoms with van der Waals surface area (Å²) in [6.07, 6.45) is 2.53. The summed E-state index contributed by atoms with van der Waals surface area (Å²) in [5.41, 5.74) is 5.68. The van der Waals surface area contributed by atoms with Crippen LogP contribution >= 0.6 is 0 Å². The lowest BCUT2D eigenvalue weighted by Crippen LogP contribution is -2.47. The topological polar surface area (TPSA) is 237 Å². The van der Waals surface area contributed by atoms with Crippen LogP contribution in [0.5, 0.6) is 0 Å². The lowest BCUT2D eigenvalue weighted by Gasteiger charge is -2.08. The van der Waals surface area contributed by atoms with Gasteiger partial charge in [-0.25, -0.2) is 16.8 Å². The number of carbonyl (C=O) groups excluding carboxylic acids is 4. The second-order valence-corrected chi connectivity index (χ2v) is 13.2. The van der Waals surface area contributed by atoms with E-state index < -0.39 is 66.3 Å². The first-order valence-electron chi connectivity index (χ1n) is 12.5. The van der Waals surface area contributed by atoms with Crippen LogP contribution in [-0.2, 0) is 38.9 Å². The van der Waals surface area contributed by atoms with Gasteiger partial charge in [0.25, 0.3) is 11.8 Å². The van der Waals surface area contributed by atoms with E-state index in [-0.39, 0.29) is 12.0 Å². The van der Waals surface area contributed by atoms with Gasteiger partial charge in [0.2, 0.25) is 11.8 Å². The third-order valence-electron chi connectivity index (χ3n) is 5.39. The van der Waals surface area contributed by atoms with Gasteiger partial charge in [-0.3, -0.25) is 40.7 Å². The minimum absolute atomic E-state index is 0.256. The van der Waals surface area contributed by atoms with Crippen molar-refractivity contribution in [3.63, 3.8) is 0 Å². The van der Waals surface area contributed by atoms with Crippen LogP contribution < -0.4 is 21.5 Å². The third-order valence-corrected chi connectivity index (χ3v) is 8.19. The Morgan fingerprint density at radius 2 is 0.886 bits per heavy atom. The Morgan fingerprint density at radius 3 is 1.25 bits per heavy atom. The van der Waals surface area contributed by atoms with E-state index in [1.807, 2.05) is 0 Å². The SMILES string of the molecule is O=C(CS(=O)(=O)CC(=O)Nc1nc(-c2ccccc2)co1)NNC(=O)CS(=O)(=O)CC(=O)Nc1nc(-c2ccccc2)co1. The molecule has 44 heavy (non-hydrogen) atoms. The quantitative estimate of drug-likeness (QED) is 0.155. The van der Waals surface area contributed by atoms with Crippen molar-refractivity contribution < 1.29 is 44.8 Å². The van der Waals surface area contributed by atoms with Crippen molar-refractivity contribution in [2.24, 2.45) is 0 Å². The minimum Gasteiger partial charge on any atom is -0.431 e. The van der Waals surface area contributed by atoms with Crippen molar-refractivity contribution >= 4 is 55.3 Å². The van der Waals surface area contributed by atoms with Gasteiger partial charge in [-0.2, -0.15) is 9.97 Å². The van der Waals surface area contributed by atoms with Crippen LogP contribution in [0.1, 0.15) is 0 Å². The van der Waals surface area contributed by atoms with Crippen LogP contribution in [0.3, 0.4) is 0 Å². The van der Waals surface area contributed by atoms with E-state index in [2.05, 4.69) is 20.6 Å². The minimum atomic E-state index is -4.32. The van der Waals surface area contributed by atoms with Crippen LogP contribution in [0.15, 0.2) is 82.0 Å². The van der Waals surface area contributed by atoms with Crippen molar-refractivity contribution in [1.29, 1.82) is 0 Å². The molecule has 0 bridgehead atoms. The second kappa shape index (κ2) is 13.7. The van der Waals surface area contributed by atoms with E-state index in [0.29, 0.717) is 22.5 Å². The maximum Gasteiger partial charge on any atom is 0.301 e. The van der Waals surface area contributed by atoms with Gasteiger partial charge in [-0.05, 0) is 0 Å². The normalized spacial score (nSPS) is 11.4. The monoisotopic (exact) mass is 644 g/mol. The average Bonchev–Trinajstić information content (AvgIpc) is 3.61. The molecule has 4 N–H and O–H groups in total. The summed E-state index contributed by atoms with van der Waals surface area (Å²) in [7, 11) is -8.64. The number of hydrazine groups is 1. The summed E-state index contributed by atoms with van der Waals surface area (Å²) in [4.78, 5) is 56.4. The molecule has 2 aromatic carbocycles. The second-order valence-electron chi connectivity index (χ2n) is 9.07. The number of aromatic nitrogens is 2. The van der Waals surface area contributed by atoms with Crippen molar-refractivity contribution in [1.82, 2.24) is 20.8 Å². The Balaban J connectivity index is 1.18. The van der Waals surface area contributed by atoms with E-state index in [0.717, 1.165) is 0 Å². The lowest BCUT2D eigenvalue weighted by atomic mass is 10.2. The molecular formula is C26H24N6O10S2. The Kier molecular flexibility index (Phi) is 9.86. The molecule has 4 amide bonds. The molecule has 0 unspecified atom stereocenters. The highest BCUT2D eigenvalue weighted by molar-refractivity contribution is 7.93. The zero-order chi connectivity index (χ0) is 31.7. The maximum absolute atomic E-state index is 12.3. The highest BCUT2D eigenvalue weighted by atomic mass is 32.2. The number of carbonyl (C=O) groups is 4. The molecule has 2 heterocycles. The molecule has 230 valence electrons. The van der Waals surface area contributed by atoms with Gasteiger partial charge < -0.3 is 8.83 Å². The fourth-order valence-corrected chi connectivity index (χ4v) is 5.66. The largest absolute Gasteiger partial charge is 0.431 e. The van der Waals surface area contributed by atoms with Crippen LogP contribution in [0.25, 0.3) is 22.5 Å². The third kappa shape index (κ3) is 9.60. The first-order chi connectivity index (χ1) is 20.9. The number of oxazole rings is 2. The number of amides is 4. The maximum atomic E-state index is 12.3. The van der Waals surface area contributed by atoms with Gasteiger partial charge >= 0.3 is 12.0 Å². The standard InChI is InChI=1S/C26H24N6O10S2/c33-21(29-25-27-19(11-41-25)17-7-3-1-4-8-17)13-43(37,38)15-23(35)31-32-24(36)16-44(39,40)14-22(34)30-26-28-20(12-42-26)18-9-5-2-6-10-18/h1-12H,13-16H2,(H,31,35)(H,32,36)(H,27,29,33)(H,28,30,34). The summed E-state index contributed by atoms with van der Waals surface area (Å²) in [6, 6.07) is 17.1. The number of anilines is 2. The van der Waals surface area contributed by atoms with E-state index in [1.54, 1.807) is 71.5 Å². The molecule has 0 aliphatic heterocycles. The number of benzene rings is 2. The van der Waals surface area contributed by atoms with E-state index in [4.69, 9.17) is 8.83 Å². The molecule has 0 aliphatic carbocycles. The number of nitrogens with zero attached hydrogens (tertiary/aromatic N) is 2. The number of hydrogen-bond donors (Lipinski definition) is 4. The van der Waals surface area contributed by atoms with E-state index >= 15 is 0 Å².